The normalized spacial score (nSPS) is 13.7. The summed E-state index contributed by atoms with van der Waals surface area (Å²) in [5.74, 6) is 2.33. The molecule has 0 saturated carbocycles. The molecule has 1 fully saturated rings. The van der Waals surface area contributed by atoms with Gasteiger partial charge in [0, 0.05) is 31.4 Å². The van der Waals surface area contributed by atoms with E-state index in [1.807, 2.05) is 72.8 Å². The van der Waals surface area contributed by atoms with Crippen molar-refractivity contribution in [3.05, 3.63) is 97.3 Å². The first-order valence-corrected chi connectivity index (χ1v) is 12.6. The van der Waals surface area contributed by atoms with Crippen LogP contribution in [-0.4, -0.2) is 53.6 Å². The van der Waals surface area contributed by atoms with Gasteiger partial charge >= 0.3 is 0 Å². The molecule has 39 heavy (non-hydrogen) atoms. The first-order valence-electron chi connectivity index (χ1n) is 12.6. The van der Waals surface area contributed by atoms with Crippen molar-refractivity contribution >= 4 is 17.4 Å². The van der Waals surface area contributed by atoms with E-state index in [4.69, 9.17) is 19.9 Å². The number of nitrogens with one attached hydrogen (secondary N) is 1. The van der Waals surface area contributed by atoms with E-state index in [9.17, 15) is 4.79 Å². The molecule has 198 valence electrons. The fraction of sp³-hybridized carbons (Fsp3) is 0.167. The molecule has 0 atom stereocenters. The van der Waals surface area contributed by atoms with E-state index in [1.54, 1.807) is 18.2 Å². The lowest BCUT2D eigenvalue weighted by atomic mass is 10.1. The number of morpholine rings is 1. The fourth-order valence-electron chi connectivity index (χ4n) is 4.07. The summed E-state index contributed by atoms with van der Waals surface area (Å²) in [6.45, 7) is 3.88. The van der Waals surface area contributed by atoms with Crippen LogP contribution in [0.2, 0.25) is 0 Å². The lowest BCUT2D eigenvalue weighted by molar-refractivity contribution is -0.111. The molecule has 5 rings (SSSR count). The monoisotopic (exact) mass is 523 g/mol. The molecule has 4 aromatic rings. The number of hydrogen-bond acceptors (Lipinski definition) is 8. The standard InChI is InChI=1S/C30H29N5O4/c31-29-28(22-6-4-7-23(20-22)34-27(36)10-5-15-35-16-18-37-19-17-35)30(33-21-32-29)39-26-13-11-25(12-14-26)38-24-8-2-1-3-9-24/h1-14,20-21H,15-19H2,(H,34,36)(H2,31,32,33)/b10-5+. The average Bonchev–Trinajstić information content (AvgIpc) is 2.95. The third-order valence-electron chi connectivity index (χ3n) is 6.01. The number of nitrogens with two attached hydrogens (primary N) is 1. The molecular weight excluding hydrogens is 494 g/mol. The van der Waals surface area contributed by atoms with Gasteiger partial charge in [-0.3, -0.25) is 9.69 Å². The van der Waals surface area contributed by atoms with Crippen molar-refractivity contribution in [2.24, 2.45) is 0 Å². The van der Waals surface area contributed by atoms with Gasteiger partial charge in [0.15, 0.2) is 0 Å². The van der Waals surface area contributed by atoms with Gasteiger partial charge in [-0.05, 0) is 54.1 Å². The summed E-state index contributed by atoms with van der Waals surface area (Å²) in [6, 6.07) is 24.1. The number of amides is 1. The van der Waals surface area contributed by atoms with Crippen LogP contribution in [0.25, 0.3) is 11.1 Å². The summed E-state index contributed by atoms with van der Waals surface area (Å²) < 4.78 is 17.3. The number of nitrogens with zero attached hydrogens (tertiary/aromatic N) is 3. The first kappa shape index (κ1) is 25.9. The number of carbonyl (C=O) groups excluding carboxylic acids is 1. The smallest absolute Gasteiger partial charge is 0.248 e. The summed E-state index contributed by atoms with van der Waals surface area (Å²) in [5, 5.41) is 2.90. The lowest BCUT2D eigenvalue weighted by Crippen LogP contribution is -2.36. The highest BCUT2D eigenvalue weighted by atomic mass is 16.5. The molecule has 2 heterocycles. The van der Waals surface area contributed by atoms with Crippen molar-refractivity contribution in [1.82, 2.24) is 14.9 Å². The molecule has 1 aliphatic heterocycles. The lowest BCUT2D eigenvalue weighted by Gasteiger charge is -2.25. The van der Waals surface area contributed by atoms with Gasteiger partial charge in [0.2, 0.25) is 11.8 Å². The Bertz CT molecular complexity index is 1420. The Morgan fingerprint density at radius 3 is 2.41 bits per heavy atom. The molecule has 1 amide bonds. The van der Waals surface area contributed by atoms with Gasteiger partial charge in [-0.2, -0.15) is 0 Å². The molecular formula is C30H29N5O4. The second kappa shape index (κ2) is 12.7. The molecule has 3 aromatic carbocycles. The number of para-hydroxylation sites is 1. The number of nitrogen functional groups attached to an aromatic ring is 1. The van der Waals surface area contributed by atoms with E-state index in [0.717, 1.165) is 32.1 Å². The van der Waals surface area contributed by atoms with Crippen molar-refractivity contribution in [3.8, 4) is 34.3 Å². The van der Waals surface area contributed by atoms with Gasteiger partial charge < -0.3 is 25.3 Å². The summed E-state index contributed by atoms with van der Waals surface area (Å²) in [6.07, 6.45) is 4.75. The van der Waals surface area contributed by atoms with Crippen LogP contribution in [0.5, 0.6) is 23.1 Å². The van der Waals surface area contributed by atoms with Crippen molar-refractivity contribution in [1.29, 1.82) is 0 Å². The zero-order valence-electron chi connectivity index (χ0n) is 21.3. The molecule has 1 aliphatic rings. The van der Waals surface area contributed by atoms with Gasteiger partial charge in [0.25, 0.3) is 0 Å². The number of ether oxygens (including phenoxy) is 3. The second-order valence-electron chi connectivity index (χ2n) is 8.81. The van der Waals surface area contributed by atoms with Gasteiger partial charge in [-0.25, -0.2) is 9.97 Å². The number of rotatable bonds is 9. The van der Waals surface area contributed by atoms with Gasteiger partial charge in [0.1, 0.15) is 29.4 Å². The van der Waals surface area contributed by atoms with Crippen LogP contribution >= 0.6 is 0 Å². The highest BCUT2D eigenvalue weighted by Crippen LogP contribution is 2.36. The number of hydrogen-bond donors (Lipinski definition) is 2. The topological polar surface area (TPSA) is 112 Å². The third-order valence-corrected chi connectivity index (χ3v) is 6.01. The molecule has 9 heteroatoms. The van der Waals surface area contributed by atoms with Crippen LogP contribution in [-0.2, 0) is 9.53 Å². The van der Waals surface area contributed by atoms with Crippen LogP contribution < -0.4 is 20.5 Å². The molecule has 0 unspecified atom stereocenters. The minimum atomic E-state index is -0.216. The summed E-state index contributed by atoms with van der Waals surface area (Å²) in [4.78, 5) is 23.2. The minimum Gasteiger partial charge on any atom is -0.457 e. The number of anilines is 2. The Labute approximate surface area is 226 Å². The maximum atomic E-state index is 12.5. The largest absolute Gasteiger partial charge is 0.457 e. The van der Waals surface area contributed by atoms with E-state index in [1.165, 1.54) is 6.33 Å². The predicted octanol–water partition coefficient (Wildman–Crippen LogP) is 5.14. The fourth-order valence-corrected chi connectivity index (χ4v) is 4.07. The van der Waals surface area contributed by atoms with Crippen molar-refractivity contribution in [3.63, 3.8) is 0 Å². The summed E-state index contributed by atoms with van der Waals surface area (Å²) in [5.41, 5.74) is 8.10. The highest BCUT2D eigenvalue weighted by Gasteiger charge is 2.15. The van der Waals surface area contributed by atoms with E-state index in [2.05, 4.69) is 20.2 Å². The SMILES string of the molecule is Nc1ncnc(Oc2ccc(Oc3ccccc3)cc2)c1-c1cccc(NC(=O)/C=C/CN2CCOCC2)c1. The second-order valence-corrected chi connectivity index (χ2v) is 8.81. The van der Waals surface area contributed by atoms with Gasteiger partial charge in [0.05, 0.1) is 18.8 Å². The third kappa shape index (κ3) is 7.19. The van der Waals surface area contributed by atoms with Crippen LogP contribution in [0.1, 0.15) is 0 Å². The van der Waals surface area contributed by atoms with E-state index in [-0.39, 0.29) is 11.7 Å². The predicted molar refractivity (Wildman–Crippen MR) is 150 cm³/mol. The van der Waals surface area contributed by atoms with E-state index in [0.29, 0.717) is 40.7 Å². The van der Waals surface area contributed by atoms with Gasteiger partial charge in [-0.15, -0.1) is 0 Å². The molecule has 1 saturated heterocycles. The zero-order valence-corrected chi connectivity index (χ0v) is 21.3. The Balaban J connectivity index is 1.27. The maximum Gasteiger partial charge on any atom is 0.248 e. The van der Waals surface area contributed by atoms with Crippen molar-refractivity contribution < 1.29 is 19.0 Å². The maximum absolute atomic E-state index is 12.5. The van der Waals surface area contributed by atoms with Crippen LogP contribution in [0.15, 0.2) is 97.3 Å². The van der Waals surface area contributed by atoms with Crippen molar-refractivity contribution in [2.75, 3.05) is 43.9 Å². The molecule has 0 spiro atoms. The molecule has 0 radical (unpaired) electrons. The number of benzene rings is 3. The van der Waals surface area contributed by atoms with Gasteiger partial charge in [-0.1, -0.05) is 36.4 Å². The molecule has 1 aromatic heterocycles. The van der Waals surface area contributed by atoms with Crippen molar-refractivity contribution in [2.45, 2.75) is 0 Å². The average molecular weight is 524 g/mol. The molecule has 3 N–H and O–H groups in total. The summed E-state index contributed by atoms with van der Waals surface area (Å²) >= 11 is 0. The van der Waals surface area contributed by atoms with Crippen LogP contribution in [0.4, 0.5) is 11.5 Å². The first-order chi connectivity index (χ1) is 19.1. The van der Waals surface area contributed by atoms with Crippen LogP contribution in [0.3, 0.4) is 0 Å². The Kier molecular flexibility index (Phi) is 8.42. The Morgan fingerprint density at radius 2 is 1.64 bits per heavy atom. The van der Waals surface area contributed by atoms with Crippen LogP contribution in [0, 0.1) is 0 Å². The minimum absolute atomic E-state index is 0.216. The summed E-state index contributed by atoms with van der Waals surface area (Å²) in [7, 11) is 0. The molecule has 0 aliphatic carbocycles. The zero-order chi connectivity index (χ0) is 26.9. The molecule has 9 nitrogen and oxygen atoms in total. The van der Waals surface area contributed by atoms with E-state index >= 15 is 0 Å². The molecule has 0 bridgehead atoms. The Morgan fingerprint density at radius 1 is 0.923 bits per heavy atom. The number of aromatic nitrogens is 2. The number of carbonyl (C=O) groups is 1. The Hall–Kier alpha value is -4.73. The quantitative estimate of drug-likeness (QED) is 0.290. The highest BCUT2D eigenvalue weighted by molar-refractivity contribution is 5.99. The van der Waals surface area contributed by atoms with E-state index < -0.39 is 0 Å².